The summed E-state index contributed by atoms with van der Waals surface area (Å²) in [5.41, 5.74) is 7.31. The maximum absolute atomic E-state index is 12.2. The Morgan fingerprint density at radius 1 is 1.29 bits per heavy atom. The third-order valence-electron chi connectivity index (χ3n) is 3.06. The summed E-state index contributed by atoms with van der Waals surface area (Å²) in [5, 5.41) is 13.2. The van der Waals surface area contributed by atoms with E-state index in [-0.39, 0.29) is 19.1 Å². The van der Waals surface area contributed by atoms with Gasteiger partial charge in [0.2, 0.25) is 5.95 Å². The highest BCUT2D eigenvalue weighted by Crippen LogP contribution is 2.29. The lowest BCUT2D eigenvalue weighted by Gasteiger charge is -2.06. The molecule has 0 bridgehead atoms. The van der Waals surface area contributed by atoms with Gasteiger partial charge in [-0.05, 0) is 15.9 Å². The molecular weight excluding hydrogens is 338 g/mol. The Kier molecular flexibility index (Phi) is 3.48. The lowest BCUT2D eigenvalue weighted by Crippen LogP contribution is -2.24. The fraction of sp³-hybridized carbons (Fsp3) is 0.154. The summed E-state index contributed by atoms with van der Waals surface area (Å²) in [6, 6.07) is 9.47. The maximum atomic E-state index is 12.2. The van der Waals surface area contributed by atoms with E-state index in [1.54, 1.807) is 0 Å². The lowest BCUT2D eigenvalue weighted by molar-refractivity contribution is 0.267. The van der Waals surface area contributed by atoms with Gasteiger partial charge in [0.1, 0.15) is 0 Å². The van der Waals surface area contributed by atoms with Crippen LogP contribution in [0.5, 0.6) is 0 Å². The number of hydrogen-bond acceptors (Lipinski definition) is 5. The van der Waals surface area contributed by atoms with E-state index in [0.29, 0.717) is 15.8 Å². The fourth-order valence-electron chi connectivity index (χ4n) is 2.10. The SMILES string of the molecule is Nc1nc(-c2ccccc2)c(Br)c2nn(CCO)c(=O)n12. The minimum atomic E-state index is -0.427. The molecule has 0 saturated carbocycles. The number of nitrogens with zero attached hydrogens (tertiary/aromatic N) is 4. The van der Waals surface area contributed by atoms with Crippen LogP contribution in [-0.4, -0.2) is 30.9 Å². The van der Waals surface area contributed by atoms with E-state index in [4.69, 9.17) is 10.8 Å². The van der Waals surface area contributed by atoms with Crippen LogP contribution in [0.25, 0.3) is 16.9 Å². The van der Waals surface area contributed by atoms with E-state index < -0.39 is 5.69 Å². The van der Waals surface area contributed by atoms with Crippen LogP contribution in [0.4, 0.5) is 5.95 Å². The van der Waals surface area contributed by atoms with Crippen molar-refractivity contribution in [3.05, 3.63) is 45.3 Å². The number of aliphatic hydroxyl groups excluding tert-OH is 1. The molecule has 0 atom stereocenters. The van der Waals surface area contributed by atoms with Gasteiger partial charge in [-0.2, -0.15) is 0 Å². The van der Waals surface area contributed by atoms with Crippen LogP contribution in [0.2, 0.25) is 0 Å². The van der Waals surface area contributed by atoms with Gasteiger partial charge in [0.25, 0.3) is 0 Å². The van der Waals surface area contributed by atoms with Gasteiger partial charge >= 0.3 is 5.69 Å². The first-order chi connectivity index (χ1) is 10.1. The predicted octanol–water partition coefficient (Wildman–Crippen LogP) is 0.895. The predicted molar refractivity (Wildman–Crippen MR) is 81.9 cm³/mol. The molecule has 0 unspecified atom stereocenters. The monoisotopic (exact) mass is 349 g/mol. The second-order valence-corrected chi connectivity index (χ2v) is 5.18. The van der Waals surface area contributed by atoms with Crippen LogP contribution in [0.15, 0.2) is 39.6 Å². The summed E-state index contributed by atoms with van der Waals surface area (Å²) in [6.45, 7) is -0.0760. The number of fused-ring (bicyclic) bond motifs is 1. The zero-order valence-corrected chi connectivity index (χ0v) is 12.5. The average molecular weight is 350 g/mol. The zero-order chi connectivity index (χ0) is 15.0. The van der Waals surface area contributed by atoms with Crippen molar-refractivity contribution in [1.29, 1.82) is 0 Å². The molecule has 7 nitrogen and oxygen atoms in total. The van der Waals surface area contributed by atoms with Crippen molar-refractivity contribution in [2.45, 2.75) is 6.54 Å². The number of hydrogen-bond donors (Lipinski definition) is 2. The van der Waals surface area contributed by atoms with Crippen molar-refractivity contribution in [2.75, 3.05) is 12.3 Å². The Hall–Kier alpha value is -2.19. The molecule has 2 heterocycles. The number of aliphatic hydroxyl groups is 1. The van der Waals surface area contributed by atoms with Crippen molar-refractivity contribution in [3.63, 3.8) is 0 Å². The van der Waals surface area contributed by atoms with Crippen LogP contribution in [0, 0.1) is 0 Å². The summed E-state index contributed by atoms with van der Waals surface area (Å²) in [4.78, 5) is 16.4. The highest BCUT2D eigenvalue weighted by Gasteiger charge is 2.17. The molecule has 0 saturated heterocycles. The van der Waals surface area contributed by atoms with Gasteiger partial charge in [0.15, 0.2) is 5.65 Å². The molecule has 0 fully saturated rings. The molecule has 21 heavy (non-hydrogen) atoms. The molecular formula is C13H12BrN5O2. The van der Waals surface area contributed by atoms with E-state index >= 15 is 0 Å². The molecule has 0 aliphatic heterocycles. The number of halogens is 1. The standard InChI is InChI=1S/C13H12BrN5O2/c14-9-10(8-4-2-1-3-5-8)16-12(15)19-11(9)17-18(6-7-20)13(19)21/h1-5,20H,6-7H2,(H2,15,16). The molecule has 0 spiro atoms. The van der Waals surface area contributed by atoms with Crippen molar-refractivity contribution >= 4 is 27.5 Å². The summed E-state index contributed by atoms with van der Waals surface area (Å²) in [5.74, 6) is 0.0567. The smallest absolute Gasteiger partial charge is 0.353 e. The Balaban J connectivity index is 2.32. The van der Waals surface area contributed by atoms with Gasteiger partial charge < -0.3 is 10.8 Å². The number of nitrogen functional groups attached to an aromatic ring is 1. The summed E-state index contributed by atoms with van der Waals surface area (Å²) in [6.07, 6.45) is 0. The largest absolute Gasteiger partial charge is 0.394 e. The van der Waals surface area contributed by atoms with E-state index in [1.807, 2.05) is 30.3 Å². The second-order valence-electron chi connectivity index (χ2n) is 4.39. The molecule has 3 N–H and O–H groups in total. The number of nitrogens with two attached hydrogens (primary N) is 1. The van der Waals surface area contributed by atoms with Crippen molar-refractivity contribution in [1.82, 2.24) is 19.2 Å². The van der Waals surface area contributed by atoms with Gasteiger partial charge in [-0.15, -0.1) is 5.10 Å². The normalized spacial score (nSPS) is 11.1. The van der Waals surface area contributed by atoms with Gasteiger partial charge in [0.05, 0.1) is 23.3 Å². The van der Waals surface area contributed by atoms with Gasteiger partial charge in [-0.3, -0.25) is 0 Å². The first kappa shape index (κ1) is 13.8. The maximum Gasteiger partial charge on any atom is 0.353 e. The van der Waals surface area contributed by atoms with Crippen LogP contribution in [0.3, 0.4) is 0 Å². The Labute approximate surface area is 127 Å². The summed E-state index contributed by atoms with van der Waals surface area (Å²) in [7, 11) is 0. The summed E-state index contributed by atoms with van der Waals surface area (Å²) >= 11 is 3.44. The first-order valence-electron chi connectivity index (χ1n) is 6.24. The molecule has 0 radical (unpaired) electrons. The average Bonchev–Trinajstić information content (AvgIpc) is 2.82. The minimum absolute atomic E-state index is 0.0567. The Morgan fingerprint density at radius 2 is 2.00 bits per heavy atom. The Morgan fingerprint density at radius 3 is 2.67 bits per heavy atom. The van der Waals surface area contributed by atoms with Gasteiger partial charge in [-0.1, -0.05) is 30.3 Å². The third kappa shape index (κ3) is 2.22. The topological polar surface area (TPSA) is 98.4 Å². The quantitative estimate of drug-likeness (QED) is 0.731. The molecule has 3 rings (SSSR count). The van der Waals surface area contributed by atoms with Crippen molar-refractivity contribution < 1.29 is 5.11 Å². The molecule has 108 valence electrons. The van der Waals surface area contributed by atoms with Crippen molar-refractivity contribution in [3.8, 4) is 11.3 Å². The van der Waals surface area contributed by atoms with Crippen LogP contribution in [0.1, 0.15) is 0 Å². The van der Waals surface area contributed by atoms with Crippen LogP contribution in [-0.2, 0) is 6.54 Å². The van der Waals surface area contributed by atoms with E-state index in [1.165, 1.54) is 4.40 Å². The second kappa shape index (κ2) is 5.30. The number of anilines is 1. The highest BCUT2D eigenvalue weighted by molar-refractivity contribution is 9.10. The molecule has 3 aromatic rings. The minimum Gasteiger partial charge on any atom is -0.394 e. The molecule has 1 aromatic carbocycles. The van der Waals surface area contributed by atoms with Crippen molar-refractivity contribution in [2.24, 2.45) is 0 Å². The van der Waals surface area contributed by atoms with E-state index in [2.05, 4.69) is 26.0 Å². The zero-order valence-electron chi connectivity index (χ0n) is 10.9. The Bertz CT molecular complexity index is 856. The van der Waals surface area contributed by atoms with Gasteiger partial charge in [0, 0.05) is 5.56 Å². The van der Waals surface area contributed by atoms with Gasteiger partial charge in [-0.25, -0.2) is 18.9 Å². The number of rotatable bonds is 3. The molecule has 2 aromatic heterocycles. The van der Waals surface area contributed by atoms with E-state index in [0.717, 1.165) is 10.2 Å². The molecule has 0 amide bonds. The molecule has 8 heteroatoms. The highest BCUT2D eigenvalue weighted by atomic mass is 79.9. The number of benzene rings is 1. The lowest BCUT2D eigenvalue weighted by atomic mass is 10.1. The molecule has 0 aliphatic rings. The fourth-order valence-corrected chi connectivity index (χ4v) is 2.68. The van der Waals surface area contributed by atoms with Crippen LogP contribution >= 0.6 is 15.9 Å². The number of aromatic nitrogens is 4. The first-order valence-corrected chi connectivity index (χ1v) is 7.03. The van der Waals surface area contributed by atoms with Crippen LogP contribution < -0.4 is 11.4 Å². The summed E-state index contributed by atoms with van der Waals surface area (Å²) < 4.78 is 2.95. The van der Waals surface area contributed by atoms with E-state index in [9.17, 15) is 4.79 Å². The molecule has 0 aliphatic carbocycles. The third-order valence-corrected chi connectivity index (χ3v) is 3.79.